The summed E-state index contributed by atoms with van der Waals surface area (Å²) in [6, 6.07) is 1.90. The third-order valence-corrected chi connectivity index (χ3v) is 3.13. The Balaban J connectivity index is 1.98. The van der Waals surface area contributed by atoms with Crippen LogP contribution in [0.3, 0.4) is 0 Å². The molecule has 1 fully saturated rings. The second kappa shape index (κ2) is 3.76. The SMILES string of the molecule is Cc1cc2c(ncn2C)c(NC(=O)[C@H]2C[C@H]2F)n1. The highest BCUT2D eigenvalue weighted by Gasteiger charge is 2.43. The first-order chi connectivity index (χ1) is 8.56. The van der Waals surface area contributed by atoms with Crippen molar-refractivity contribution in [2.45, 2.75) is 19.5 Å². The van der Waals surface area contributed by atoms with Gasteiger partial charge in [0.15, 0.2) is 5.82 Å². The number of amides is 1. The van der Waals surface area contributed by atoms with Crippen LogP contribution >= 0.6 is 0 Å². The highest BCUT2D eigenvalue weighted by atomic mass is 19.1. The quantitative estimate of drug-likeness (QED) is 0.877. The van der Waals surface area contributed by atoms with Crippen molar-refractivity contribution in [2.75, 3.05) is 5.32 Å². The molecule has 18 heavy (non-hydrogen) atoms. The molecule has 0 radical (unpaired) electrons. The zero-order chi connectivity index (χ0) is 12.9. The predicted molar refractivity (Wildman–Crippen MR) is 64.9 cm³/mol. The molecule has 1 aliphatic rings. The van der Waals surface area contributed by atoms with Crippen LogP contribution in [0.15, 0.2) is 12.4 Å². The van der Waals surface area contributed by atoms with E-state index in [1.807, 2.05) is 24.6 Å². The van der Waals surface area contributed by atoms with Gasteiger partial charge in [0.05, 0.1) is 17.8 Å². The van der Waals surface area contributed by atoms with Crippen molar-refractivity contribution in [1.29, 1.82) is 0 Å². The molecule has 0 aliphatic heterocycles. The monoisotopic (exact) mass is 248 g/mol. The minimum absolute atomic E-state index is 0.309. The van der Waals surface area contributed by atoms with Gasteiger partial charge in [0.25, 0.3) is 0 Å². The van der Waals surface area contributed by atoms with Gasteiger partial charge in [-0.15, -0.1) is 0 Å². The lowest BCUT2D eigenvalue weighted by molar-refractivity contribution is -0.117. The highest BCUT2D eigenvalue weighted by molar-refractivity contribution is 6.00. The number of anilines is 1. The molecule has 0 bridgehead atoms. The van der Waals surface area contributed by atoms with Gasteiger partial charge in [-0.05, 0) is 19.4 Å². The van der Waals surface area contributed by atoms with Crippen LogP contribution in [0.25, 0.3) is 11.0 Å². The van der Waals surface area contributed by atoms with Gasteiger partial charge < -0.3 is 9.88 Å². The third-order valence-electron chi connectivity index (χ3n) is 3.13. The Morgan fingerprint density at radius 1 is 1.61 bits per heavy atom. The second-order valence-electron chi connectivity index (χ2n) is 4.68. The zero-order valence-electron chi connectivity index (χ0n) is 10.1. The van der Waals surface area contributed by atoms with Crippen molar-refractivity contribution in [3.05, 3.63) is 18.1 Å². The summed E-state index contributed by atoms with van der Waals surface area (Å²) in [4.78, 5) is 20.2. The number of hydrogen-bond donors (Lipinski definition) is 1. The van der Waals surface area contributed by atoms with Gasteiger partial charge >= 0.3 is 0 Å². The van der Waals surface area contributed by atoms with Crippen molar-refractivity contribution in [3.8, 4) is 0 Å². The third kappa shape index (κ3) is 1.73. The molecule has 2 aromatic heterocycles. The molecular formula is C12H13FN4O. The van der Waals surface area contributed by atoms with Crippen LogP contribution in [0, 0.1) is 12.8 Å². The van der Waals surface area contributed by atoms with E-state index in [-0.39, 0.29) is 5.91 Å². The molecule has 5 nitrogen and oxygen atoms in total. The molecule has 0 unspecified atom stereocenters. The first-order valence-corrected chi connectivity index (χ1v) is 5.80. The van der Waals surface area contributed by atoms with Crippen LogP contribution in [0.1, 0.15) is 12.1 Å². The maximum atomic E-state index is 12.8. The smallest absolute Gasteiger partial charge is 0.231 e. The number of aromatic nitrogens is 3. The topological polar surface area (TPSA) is 59.8 Å². The molecule has 2 atom stereocenters. The van der Waals surface area contributed by atoms with E-state index in [1.165, 1.54) is 0 Å². The summed E-state index contributed by atoms with van der Waals surface area (Å²) in [6.07, 6.45) is 0.966. The summed E-state index contributed by atoms with van der Waals surface area (Å²) in [5.74, 6) is -0.423. The van der Waals surface area contributed by atoms with Gasteiger partial charge in [0, 0.05) is 12.7 Å². The number of carbonyl (C=O) groups is 1. The average Bonchev–Trinajstić information content (AvgIpc) is 2.93. The summed E-state index contributed by atoms with van der Waals surface area (Å²) in [6.45, 7) is 1.84. The Kier molecular flexibility index (Phi) is 2.33. The van der Waals surface area contributed by atoms with Crippen LogP contribution in [0.5, 0.6) is 0 Å². The molecule has 2 aromatic rings. The molecule has 1 N–H and O–H groups in total. The van der Waals surface area contributed by atoms with Crippen LogP contribution in [0.4, 0.5) is 10.2 Å². The molecule has 2 heterocycles. The molecule has 1 amide bonds. The summed E-state index contributed by atoms with van der Waals surface area (Å²) >= 11 is 0. The normalized spacial score (nSPS) is 22.2. The summed E-state index contributed by atoms with van der Waals surface area (Å²) in [7, 11) is 1.87. The fraction of sp³-hybridized carbons (Fsp3) is 0.417. The van der Waals surface area contributed by atoms with E-state index in [0.717, 1.165) is 11.2 Å². The second-order valence-corrected chi connectivity index (χ2v) is 4.68. The van der Waals surface area contributed by atoms with Gasteiger partial charge in [0.1, 0.15) is 11.7 Å². The van der Waals surface area contributed by atoms with E-state index in [0.29, 0.717) is 17.8 Å². The highest BCUT2D eigenvalue weighted by Crippen LogP contribution is 2.35. The first-order valence-electron chi connectivity index (χ1n) is 5.80. The molecule has 3 rings (SSSR count). The number of carbonyl (C=O) groups excluding carboxylic acids is 1. The lowest BCUT2D eigenvalue weighted by Crippen LogP contribution is -2.16. The Morgan fingerprint density at radius 3 is 3.00 bits per heavy atom. The van der Waals surface area contributed by atoms with Gasteiger partial charge in [-0.25, -0.2) is 14.4 Å². The Morgan fingerprint density at radius 2 is 2.33 bits per heavy atom. The van der Waals surface area contributed by atoms with E-state index in [9.17, 15) is 9.18 Å². The van der Waals surface area contributed by atoms with Crippen molar-refractivity contribution < 1.29 is 9.18 Å². The van der Waals surface area contributed by atoms with E-state index in [2.05, 4.69) is 15.3 Å². The largest absolute Gasteiger partial charge is 0.334 e. The number of alkyl halides is 1. The number of aryl methyl sites for hydroxylation is 2. The summed E-state index contributed by atoms with van der Waals surface area (Å²) in [5, 5.41) is 2.67. The van der Waals surface area contributed by atoms with Crippen molar-refractivity contribution in [2.24, 2.45) is 13.0 Å². The number of rotatable bonds is 2. The van der Waals surface area contributed by atoms with Gasteiger partial charge in [-0.1, -0.05) is 0 Å². The molecule has 0 saturated heterocycles. The Hall–Kier alpha value is -1.98. The lowest BCUT2D eigenvalue weighted by atomic mass is 10.3. The van der Waals surface area contributed by atoms with Gasteiger partial charge in [-0.2, -0.15) is 0 Å². The molecule has 94 valence electrons. The fourth-order valence-corrected chi connectivity index (χ4v) is 1.98. The minimum Gasteiger partial charge on any atom is -0.334 e. The number of nitrogens with zero attached hydrogens (tertiary/aromatic N) is 3. The van der Waals surface area contributed by atoms with E-state index < -0.39 is 12.1 Å². The van der Waals surface area contributed by atoms with Crippen LogP contribution < -0.4 is 5.32 Å². The number of imidazole rings is 1. The number of hydrogen-bond acceptors (Lipinski definition) is 3. The fourth-order valence-electron chi connectivity index (χ4n) is 1.98. The number of pyridine rings is 1. The van der Waals surface area contributed by atoms with Crippen LogP contribution in [-0.4, -0.2) is 26.6 Å². The Labute approximate surface area is 103 Å². The summed E-state index contributed by atoms with van der Waals surface area (Å²) < 4.78 is 14.7. The predicted octanol–water partition coefficient (Wildman–Crippen LogP) is 1.57. The summed E-state index contributed by atoms with van der Waals surface area (Å²) in [5.41, 5.74) is 2.31. The van der Waals surface area contributed by atoms with Crippen LogP contribution in [0.2, 0.25) is 0 Å². The van der Waals surface area contributed by atoms with Crippen molar-refractivity contribution in [1.82, 2.24) is 14.5 Å². The average molecular weight is 248 g/mol. The molecular weight excluding hydrogens is 235 g/mol. The number of nitrogens with one attached hydrogen (secondary N) is 1. The molecule has 0 spiro atoms. The van der Waals surface area contributed by atoms with Gasteiger partial charge in [-0.3, -0.25) is 4.79 Å². The van der Waals surface area contributed by atoms with E-state index in [4.69, 9.17) is 0 Å². The molecule has 1 aliphatic carbocycles. The Bertz CT molecular complexity index is 636. The minimum atomic E-state index is -1.01. The molecule has 0 aromatic carbocycles. The maximum absolute atomic E-state index is 12.8. The van der Waals surface area contributed by atoms with E-state index >= 15 is 0 Å². The lowest BCUT2D eigenvalue weighted by Gasteiger charge is -2.06. The van der Waals surface area contributed by atoms with E-state index in [1.54, 1.807) is 6.33 Å². The van der Waals surface area contributed by atoms with Crippen molar-refractivity contribution >= 4 is 22.8 Å². The van der Waals surface area contributed by atoms with Crippen molar-refractivity contribution in [3.63, 3.8) is 0 Å². The standard InChI is InChI=1S/C12H13FN4O/c1-6-3-9-10(14-5-17(9)2)11(15-6)16-12(18)7-4-8(7)13/h3,5,7-8H,4H2,1-2H3,(H,15,16,18)/t7-,8+/m0/s1. The first kappa shape index (κ1) is 11.1. The van der Waals surface area contributed by atoms with Crippen LogP contribution in [-0.2, 0) is 11.8 Å². The maximum Gasteiger partial charge on any atom is 0.231 e. The molecule has 1 saturated carbocycles. The number of fused-ring (bicyclic) bond motifs is 1. The number of halogens is 1. The van der Waals surface area contributed by atoms with Gasteiger partial charge in [0.2, 0.25) is 5.91 Å². The molecule has 6 heteroatoms. The zero-order valence-corrected chi connectivity index (χ0v) is 10.1.